The summed E-state index contributed by atoms with van der Waals surface area (Å²) in [5, 5.41) is 3.09. The Hall–Kier alpha value is -2.12. The number of carbonyl (C=O) groups is 3. The Morgan fingerprint density at radius 1 is 1.23 bits per heavy atom. The van der Waals surface area contributed by atoms with Crippen LogP contribution in [0.2, 0.25) is 0 Å². The zero-order valence-corrected chi connectivity index (χ0v) is 18.7. The molecule has 2 fully saturated rings. The molecule has 3 rings (SSSR count). The molecule has 2 saturated heterocycles. The summed E-state index contributed by atoms with van der Waals surface area (Å²) in [5.74, 6) is -0.932. The molecule has 1 amide bonds. The molecule has 1 aromatic rings. The summed E-state index contributed by atoms with van der Waals surface area (Å²) < 4.78 is 10.9. The summed E-state index contributed by atoms with van der Waals surface area (Å²) in [6, 6.07) is 7.83. The number of benzene rings is 1. The molecule has 0 saturated carbocycles. The minimum Gasteiger partial charge on any atom is -0.458 e. The van der Waals surface area contributed by atoms with Crippen molar-refractivity contribution >= 4 is 30.3 Å². The Bertz CT molecular complexity index is 765. The van der Waals surface area contributed by atoms with Crippen molar-refractivity contribution in [1.82, 2.24) is 10.2 Å². The second-order valence-corrected chi connectivity index (χ2v) is 8.74. The van der Waals surface area contributed by atoms with Crippen LogP contribution in [0.4, 0.5) is 0 Å². The lowest BCUT2D eigenvalue weighted by Gasteiger charge is -2.29. The Kier molecular flexibility index (Phi) is 7.88. The number of halogens is 1. The molecular formula is C22H31ClN2O5. The van der Waals surface area contributed by atoms with Crippen molar-refractivity contribution in [3.63, 3.8) is 0 Å². The standard InChI is InChI=1S/C22H30N2O5.ClH/c1-14(19(25)24-12-8-11-17(24)21(27)29-22(2,3)4)23-16-13-18(28-20(16)26)15-9-6-5-7-10-15;/h5-7,9-10,14,16-18,23H,8,11-13H2,1-4H3;1H/t14-,16-,17-,18-;/m0./s1. The molecule has 0 aliphatic carbocycles. The van der Waals surface area contributed by atoms with Crippen molar-refractivity contribution in [2.24, 2.45) is 0 Å². The molecule has 166 valence electrons. The monoisotopic (exact) mass is 438 g/mol. The van der Waals surface area contributed by atoms with E-state index in [0.717, 1.165) is 12.0 Å². The van der Waals surface area contributed by atoms with Crippen molar-refractivity contribution in [1.29, 1.82) is 0 Å². The van der Waals surface area contributed by atoms with E-state index in [9.17, 15) is 14.4 Å². The highest BCUT2D eigenvalue weighted by Gasteiger charge is 2.41. The molecule has 7 nitrogen and oxygen atoms in total. The zero-order chi connectivity index (χ0) is 21.2. The predicted molar refractivity (Wildman–Crippen MR) is 114 cm³/mol. The third-order valence-electron chi connectivity index (χ3n) is 5.20. The average Bonchev–Trinajstić information content (AvgIpc) is 3.28. The lowest BCUT2D eigenvalue weighted by atomic mass is 10.0. The number of hydrogen-bond acceptors (Lipinski definition) is 6. The number of nitrogens with one attached hydrogen (secondary N) is 1. The van der Waals surface area contributed by atoms with Gasteiger partial charge in [0.25, 0.3) is 0 Å². The summed E-state index contributed by atoms with van der Waals surface area (Å²) in [7, 11) is 0. The highest BCUT2D eigenvalue weighted by molar-refractivity contribution is 5.89. The summed E-state index contributed by atoms with van der Waals surface area (Å²) in [6.07, 6.45) is 1.50. The average molecular weight is 439 g/mol. The first kappa shape index (κ1) is 24.2. The number of ether oxygens (including phenoxy) is 2. The largest absolute Gasteiger partial charge is 0.458 e. The number of nitrogens with zero attached hydrogens (tertiary/aromatic N) is 1. The Morgan fingerprint density at radius 2 is 1.90 bits per heavy atom. The fourth-order valence-electron chi connectivity index (χ4n) is 3.86. The van der Waals surface area contributed by atoms with Gasteiger partial charge < -0.3 is 14.4 Å². The highest BCUT2D eigenvalue weighted by atomic mass is 35.5. The molecule has 30 heavy (non-hydrogen) atoms. The fourth-order valence-corrected chi connectivity index (χ4v) is 3.86. The Labute approximate surface area is 183 Å². The summed E-state index contributed by atoms with van der Waals surface area (Å²) in [5.41, 5.74) is 0.340. The second kappa shape index (κ2) is 9.79. The van der Waals surface area contributed by atoms with Gasteiger partial charge in [-0.1, -0.05) is 30.3 Å². The molecule has 0 spiro atoms. The van der Waals surface area contributed by atoms with Crippen LogP contribution in [0.5, 0.6) is 0 Å². The van der Waals surface area contributed by atoms with E-state index < -0.39 is 23.7 Å². The molecule has 0 unspecified atom stereocenters. The number of amides is 1. The van der Waals surface area contributed by atoms with Gasteiger partial charge in [0.1, 0.15) is 23.8 Å². The molecule has 1 aromatic carbocycles. The topological polar surface area (TPSA) is 84.9 Å². The van der Waals surface area contributed by atoms with Crippen LogP contribution in [0.25, 0.3) is 0 Å². The normalized spacial score (nSPS) is 24.7. The van der Waals surface area contributed by atoms with Gasteiger partial charge in [0.15, 0.2) is 0 Å². The van der Waals surface area contributed by atoms with Gasteiger partial charge in [0.05, 0.1) is 6.04 Å². The maximum atomic E-state index is 13.0. The molecule has 1 N–H and O–H groups in total. The Morgan fingerprint density at radius 3 is 2.53 bits per heavy atom. The van der Waals surface area contributed by atoms with Crippen LogP contribution in [0.1, 0.15) is 58.6 Å². The van der Waals surface area contributed by atoms with Gasteiger partial charge in [-0.2, -0.15) is 0 Å². The molecule has 2 aliphatic rings. The van der Waals surface area contributed by atoms with E-state index in [4.69, 9.17) is 9.47 Å². The number of carbonyl (C=O) groups excluding carboxylic acids is 3. The van der Waals surface area contributed by atoms with E-state index in [1.165, 1.54) is 0 Å². The lowest BCUT2D eigenvalue weighted by molar-refractivity contribution is -0.163. The minimum atomic E-state index is -0.606. The van der Waals surface area contributed by atoms with Gasteiger partial charge in [-0.15, -0.1) is 12.4 Å². The minimum absolute atomic E-state index is 0. The van der Waals surface area contributed by atoms with Gasteiger partial charge in [0, 0.05) is 13.0 Å². The van der Waals surface area contributed by atoms with Gasteiger partial charge in [-0.3, -0.25) is 14.9 Å². The van der Waals surface area contributed by atoms with Crippen LogP contribution in [-0.2, 0) is 23.9 Å². The molecular weight excluding hydrogens is 408 g/mol. The predicted octanol–water partition coefficient (Wildman–Crippen LogP) is 2.78. The van der Waals surface area contributed by atoms with E-state index in [-0.39, 0.29) is 36.4 Å². The number of esters is 2. The first-order chi connectivity index (χ1) is 13.7. The smallest absolute Gasteiger partial charge is 0.329 e. The molecule has 2 aliphatic heterocycles. The van der Waals surface area contributed by atoms with Crippen LogP contribution in [-0.4, -0.2) is 53.0 Å². The van der Waals surface area contributed by atoms with E-state index in [2.05, 4.69) is 5.32 Å². The summed E-state index contributed by atoms with van der Waals surface area (Å²) in [6.45, 7) is 7.66. The molecule has 0 aromatic heterocycles. The summed E-state index contributed by atoms with van der Waals surface area (Å²) >= 11 is 0. The zero-order valence-electron chi connectivity index (χ0n) is 17.9. The first-order valence-corrected chi connectivity index (χ1v) is 10.2. The quantitative estimate of drug-likeness (QED) is 0.711. The molecule has 4 atom stereocenters. The van der Waals surface area contributed by atoms with Crippen molar-refractivity contribution < 1.29 is 23.9 Å². The van der Waals surface area contributed by atoms with Crippen LogP contribution in [0, 0.1) is 0 Å². The molecule has 0 bridgehead atoms. The van der Waals surface area contributed by atoms with Crippen molar-refractivity contribution in [3.8, 4) is 0 Å². The maximum absolute atomic E-state index is 13.0. The van der Waals surface area contributed by atoms with E-state index >= 15 is 0 Å². The van der Waals surface area contributed by atoms with Crippen molar-refractivity contribution in [2.75, 3.05) is 6.54 Å². The van der Waals surface area contributed by atoms with Gasteiger partial charge in [-0.05, 0) is 46.1 Å². The fraction of sp³-hybridized carbons (Fsp3) is 0.591. The Balaban J connectivity index is 0.00000320. The van der Waals surface area contributed by atoms with E-state index in [0.29, 0.717) is 19.4 Å². The summed E-state index contributed by atoms with van der Waals surface area (Å²) in [4.78, 5) is 39.3. The SMILES string of the molecule is C[C@H](N[C@H]1C[C@@H](c2ccccc2)OC1=O)C(=O)N1CCC[C@H]1C(=O)OC(C)(C)C.Cl. The van der Waals surface area contributed by atoms with Crippen molar-refractivity contribution in [2.45, 2.75) is 76.8 Å². The van der Waals surface area contributed by atoms with Crippen LogP contribution in [0.15, 0.2) is 30.3 Å². The number of rotatable bonds is 5. The van der Waals surface area contributed by atoms with Crippen LogP contribution in [0.3, 0.4) is 0 Å². The van der Waals surface area contributed by atoms with Gasteiger partial charge in [0.2, 0.25) is 5.91 Å². The van der Waals surface area contributed by atoms with Crippen LogP contribution >= 0.6 is 12.4 Å². The van der Waals surface area contributed by atoms with E-state index in [1.807, 2.05) is 51.1 Å². The third-order valence-corrected chi connectivity index (χ3v) is 5.20. The molecule has 8 heteroatoms. The highest BCUT2D eigenvalue weighted by Crippen LogP contribution is 2.30. The number of cyclic esters (lactones) is 1. The van der Waals surface area contributed by atoms with Crippen LogP contribution < -0.4 is 5.32 Å². The van der Waals surface area contributed by atoms with Gasteiger partial charge in [-0.25, -0.2) is 4.79 Å². The van der Waals surface area contributed by atoms with Gasteiger partial charge >= 0.3 is 11.9 Å². The molecule has 0 radical (unpaired) electrons. The van der Waals surface area contributed by atoms with Crippen molar-refractivity contribution in [3.05, 3.63) is 35.9 Å². The number of hydrogen-bond donors (Lipinski definition) is 1. The first-order valence-electron chi connectivity index (χ1n) is 10.2. The number of likely N-dealkylation sites (tertiary alicyclic amines) is 1. The molecule has 2 heterocycles. The van der Waals surface area contributed by atoms with E-state index in [1.54, 1.807) is 11.8 Å². The maximum Gasteiger partial charge on any atom is 0.329 e. The third kappa shape index (κ3) is 5.73. The second-order valence-electron chi connectivity index (χ2n) is 8.74. The lowest BCUT2D eigenvalue weighted by Crippen LogP contribution is -2.52.